The molecule has 1 heterocycles. The highest BCUT2D eigenvalue weighted by Gasteiger charge is 2.29. The van der Waals surface area contributed by atoms with E-state index in [1.807, 2.05) is 47.4 Å². The number of methoxy groups -OCH3 is 1. The Morgan fingerprint density at radius 3 is 2.48 bits per heavy atom. The van der Waals surface area contributed by atoms with Crippen molar-refractivity contribution in [3.05, 3.63) is 65.7 Å². The summed E-state index contributed by atoms with van der Waals surface area (Å²) in [5.74, 6) is 0.671. The van der Waals surface area contributed by atoms with Crippen LogP contribution < -0.4 is 4.74 Å². The number of para-hydroxylation sites is 1. The van der Waals surface area contributed by atoms with Gasteiger partial charge < -0.3 is 9.64 Å². The molecule has 1 aliphatic heterocycles. The van der Waals surface area contributed by atoms with Crippen molar-refractivity contribution >= 4 is 5.91 Å². The largest absolute Gasteiger partial charge is 0.496 e. The Morgan fingerprint density at radius 1 is 1.04 bits per heavy atom. The number of rotatable bonds is 3. The van der Waals surface area contributed by atoms with Crippen LogP contribution in [0, 0.1) is 0 Å². The minimum absolute atomic E-state index is 0.0384. The normalized spacial score (nSPS) is 18.7. The molecular formula is C19H22N2O2. The summed E-state index contributed by atoms with van der Waals surface area (Å²) in [6.45, 7) is 2.29. The van der Waals surface area contributed by atoms with Gasteiger partial charge in [0.2, 0.25) is 0 Å². The molecule has 1 fully saturated rings. The number of piperazine rings is 1. The maximum atomic E-state index is 12.9. The number of carbonyl (C=O) groups is 1. The third-order valence-electron chi connectivity index (χ3n) is 4.46. The van der Waals surface area contributed by atoms with Crippen molar-refractivity contribution in [2.75, 3.05) is 33.8 Å². The van der Waals surface area contributed by atoms with E-state index in [9.17, 15) is 4.79 Å². The van der Waals surface area contributed by atoms with E-state index in [-0.39, 0.29) is 11.9 Å². The van der Waals surface area contributed by atoms with Crippen molar-refractivity contribution in [1.29, 1.82) is 0 Å². The molecule has 0 radical (unpaired) electrons. The second-order valence-electron chi connectivity index (χ2n) is 5.86. The Kier molecular flexibility index (Phi) is 4.63. The maximum Gasteiger partial charge on any atom is 0.257 e. The van der Waals surface area contributed by atoms with Crippen LogP contribution in [-0.2, 0) is 0 Å². The predicted octanol–water partition coefficient (Wildman–Crippen LogP) is 2.82. The van der Waals surface area contributed by atoms with Gasteiger partial charge in [0.15, 0.2) is 0 Å². The Balaban J connectivity index is 1.82. The molecule has 4 nitrogen and oxygen atoms in total. The quantitative estimate of drug-likeness (QED) is 0.874. The van der Waals surface area contributed by atoms with Crippen LogP contribution in [0.2, 0.25) is 0 Å². The van der Waals surface area contributed by atoms with E-state index in [1.165, 1.54) is 5.56 Å². The Hall–Kier alpha value is -2.33. The van der Waals surface area contributed by atoms with Crippen molar-refractivity contribution in [3.63, 3.8) is 0 Å². The van der Waals surface area contributed by atoms with Crippen LogP contribution >= 0.6 is 0 Å². The Morgan fingerprint density at radius 2 is 1.74 bits per heavy atom. The topological polar surface area (TPSA) is 32.8 Å². The minimum Gasteiger partial charge on any atom is -0.496 e. The van der Waals surface area contributed by atoms with Gasteiger partial charge in [0.25, 0.3) is 5.91 Å². The monoisotopic (exact) mass is 310 g/mol. The molecule has 0 aliphatic carbocycles. The summed E-state index contributed by atoms with van der Waals surface area (Å²) in [5, 5.41) is 0. The second kappa shape index (κ2) is 6.84. The first-order chi connectivity index (χ1) is 11.2. The number of benzene rings is 2. The zero-order chi connectivity index (χ0) is 16.2. The summed E-state index contributed by atoms with van der Waals surface area (Å²) in [4.78, 5) is 17.1. The number of carbonyl (C=O) groups excluding carboxylic acids is 1. The number of amides is 1. The van der Waals surface area contributed by atoms with Crippen LogP contribution in [0.4, 0.5) is 0 Å². The van der Waals surface area contributed by atoms with Gasteiger partial charge in [0, 0.05) is 19.6 Å². The lowest BCUT2D eigenvalue weighted by atomic mass is 10.0. The van der Waals surface area contributed by atoms with E-state index in [4.69, 9.17) is 4.74 Å². The summed E-state index contributed by atoms with van der Waals surface area (Å²) in [7, 11) is 3.71. The van der Waals surface area contributed by atoms with Crippen molar-refractivity contribution < 1.29 is 9.53 Å². The zero-order valence-corrected chi connectivity index (χ0v) is 13.6. The fraction of sp³-hybridized carbons (Fsp3) is 0.316. The van der Waals surface area contributed by atoms with E-state index in [2.05, 4.69) is 24.1 Å². The molecule has 1 atom stereocenters. The highest BCUT2D eigenvalue weighted by Crippen LogP contribution is 2.26. The SMILES string of the molecule is COc1ccccc1C(=O)N1CCN(C)C(c2ccccc2)C1. The lowest BCUT2D eigenvalue weighted by Gasteiger charge is -2.39. The molecule has 1 saturated heterocycles. The van der Waals surface area contributed by atoms with Crippen molar-refractivity contribution in [2.24, 2.45) is 0 Å². The molecule has 23 heavy (non-hydrogen) atoms. The van der Waals surface area contributed by atoms with Gasteiger partial charge in [-0.3, -0.25) is 9.69 Å². The van der Waals surface area contributed by atoms with Crippen LogP contribution in [-0.4, -0.2) is 49.5 Å². The summed E-state index contributed by atoms with van der Waals surface area (Å²) in [5.41, 5.74) is 1.87. The summed E-state index contributed by atoms with van der Waals surface area (Å²) in [6, 6.07) is 18.0. The molecule has 0 bridgehead atoms. The molecule has 0 spiro atoms. The van der Waals surface area contributed by atoms with Crippen LogP contribution in [0.5, 0.6) is 5.75 Å². The van der Waals surface area contributed by atoms with Gasteiger partial charge in [0.05, 0.1) is 18.7 Å². The first-order valence-corrected chi connectivity index (χ1v) is 7.88. The fourth-order valence-electron chi connectivity index (χ4n) is 3.08. The molecule has 0 aromatic heterocycles. The molecule has 2 aromatic carbocycles. The van der Waals surface area contributed by atoms with Gasteiger partial charge >= 0.3 is 0 Å². The Labute approximate surface area is 137 Å². The first-order valence-electron chi connectivity index (χ1n) is 7.88. The van der Waals surface area contributed by atoms with Gasteiger partial charge in [-0.1, -0.05) is 42.5 Å². The average Bonchev–Trinajstić information content (AvgIpc) is 2.62. The van der Waals surface area contributed by atoms with Crippen molar-refractivity contribution in [3.8, 4) is 5.75 Å². The van der Waals surface area contributed by atoms with Gasteiger partial charge in [0.1, 0.15) is 5.75 Å². The standard InChI is InChI=1S/C19H22N2O2/c1-20-12-13-21(14-17(20)15-8-4-3-5-9-15)19(22)16-10-6-7-11-18(16)23-2/h3-11,17H,12-14H2,1-2H3. The third kappa shape index (κ3) is 3.22. The van der Waals surface area contributed by atoms with Crippen LogP contribution in [0.15, 0.2) is 54.6 Å². The fourth-order valence-corrected chi connectivity index (χ4v) is 3.08. The predicted molar refractivity (Wildman–Crippen MR) is 90.7 cm³/mol. The van der Waals surface area contributed by atoms with Gasteiger partial charge in [-0.2, -0.15) is 0 Å². The number of hydrogen-bond acceptors (Lipinski definition) is 3. The summed E-state index contributed by atoms with van der Waals surface area (Å²) >= 11 is 0. The molecule has 0 saturated carbocycles. The van der Waals surface area contributed by atoms with E-state index in [1.54, 1.807) is 7.11 Å². The van der Waals surface area contributed by atoms with E-state index in [0.717, 1.165) is 13.1 Å². The smallest absolute Gasteiger partial charge is 0.257 e. The molecule has 1 aliphatic rings. The molecule has 120 valence electrons. The first kappa shape index (κ1) is 15.6. The van der Waals surface area contributed by atoms with E-state index >= 15 is 0 Å². The molecule has 4 heteroatoms. The Bertz CT molecular complexity index is 672. The van der Waals surface area contributed by atoms with Gasteiger partial charge in [-0.05, 0) is 24.7 Å². The number of nitrogens with zero attached hydrogens (tertiary/aromatic N) is 2. The average molecular weight is 310 g/mol. The molecule has 1 amide bonds. The molecule has 0 N–H and O–H groups in total. The minimum atomic E-state index is 0.0384. The zero-order valence-electron chi connectivity index (χ0n) is 13.6. The van der Waals surface area contributed by atoms with E-state index in [0.29, 0.717) is 17.9 Å². The van der Waals surface area contributed by atoms with Crippen LogP contribution in [0.1, 0.15) is 22.0 Å². The highest BCUT2D eigenvalue weighted by molar-refractivity contribution is 5.97. The lowest BCUT2D eigenvalue weighted by molar-refractivity contribution is 0.0543. The van der Waals surface area contributed by atoms with Crippen LogP contribution in [0.3, 0.4) is 0 Å². The molecule has 1 unspecified atom stereocenters. The number of likely N-dealkylation sites (N-methyl/N-ethyl adjacent to an activating group) is 1. The number of hydrogen-bond donors (Lipinski definition) is 0. The number of ether oxygens (including phenoxy) is 1. The maximum absolute atomic E-state index is 12.9. The summed E-state index contributed by atoms with van der Waals surface area (Å²) < 4.78 is 5.33. The third-order valence-corrected chi connectivity index (χ3v) is 4.46. The molecular weight excluding hydrogens is 288 g/mol. The van der Waals surface area contributed by atoms with Crippen LogP contribution in [0.25, 0.3) is 0 Å². The van der Waals surface area contributed by atoms with Gasteiger partial charge in [-0.25, -0.2) is 0 Å². The van der Waals surface area contributed by atoms with E-state index < -0.39 is 0 Å². The summed E-state index contributed by atoms with van der Waals surface area (Å²) in [6.07, 6.45) is 0. The van der Waals surface area contributed by atoms with Crippen molar-refractivity contribution in [2.45, 2.75) is 6.04 Å². The van der Waals surface area contributed by atoms with Crippen molar-refractivity contribution in [1.82, 2.24) is 9.80 Å². The lowest BCUT2D eigenvalue weighted by Crippen LogP contribution is -2.49. The molecule has 3 rings (SSSR count). The molecule has 2 aromatic rings. The second-order valence-corrected chi connectivity index (χ2v) is 5.86. The van der Waals surface area contributed by atoms with Gasteiger partial charge in [-0.15, -0.1) is 0 Å². The highest BCUT2D eigenvalue weighted by atomic mass is 16.5.